The molecular weight excluding hydrogens is 462 g/mol. The van der Waals surface area contributed by atoms with E-state index in [1.807, 2.05) is 48.0 Å². The summed E-state index contributed by atoms with van der Waals surface area (Å²) >= 11 is 7.78. The molecule has 2 aromatic carbocycles. The summed E-state index contributed by atoms with van der Waals surface area (Å²) in [5.41, 5.74) is 5.00. The van der Waals surface area contributed by atoms with Crippen molar-refractivity contribution in [3.63, 3.8) is 0 Å². The normalized spacial score (nSPS) is 17.1. The van der Waals surface area contributed by atoms with E-state index in [0.29, 0.717) is 28.2 Å². The number of carbonyl (C=O) groups excluding carboxylic acids is 1. The zero-order valence-electron chi connectivity index (χ0n) is 18.7. The summed E-state index contributed by atoms with van der Waals surface area (Å²) in [5, 5.41) is 12.2. The maximum Gasteiger partial charge on any atom is 0.240 e. The van der Waals surface area contributed by atoms with Crippen molar-refractivity contribution in [2.75, 3.05) is 24.5 Å². The van der Waals surface area contributed by atoms with E-state index in [4.69, 9.17) is 21.1 Å². The van der Waals surface area contributed by atoms with Crippen molar-refractivity contribution in [3.8, 4) is 11.5 Å². The van der Waals surface area contributed by atoms with Crippen LogP contribution in [0.1, 0.15) is 37.7 Å². The number of aryl methyl sites for hydroxylation is 1. The van der Waals surface area contributed by atoms with Crippen molar-refractivity contribution in [1.29, 1.82) is 0 Å². The molecule has 1 aromatic heterocycles. The third-order valence-electron chi connectivity index (χ3n) is 5.20. The molecule has 2 N–H and O–H groups in total. The highest BCUT2D eigenvalue weighted by Gasteiger charge is 2.38. The third kappa shape index (κ3) is 5.04. The Morgan fingerprint density at radius 3 is 2.67 bits per heavy atom. The molecule has 33 heavy (non-hydrogen) atoms. The summed E-state index contributed by atoms with van der Waals surface area (Å²) < 4.78 is 12.6. The van der Waals surface area contributed by atoms with Crippen LogP contribution in [0.5, 0.6) is 11.5 Å². The number of carbonyl (C=O) groups is 1. The van der Waals surface area contributed by atoms with Crippen molar-refractivity contribution in [1.82, 2.24) is 14.9 Å². The topological polar surface area (TPSA) is 90.3 Å². The molecule has 10 heteroatoms. The fourth-order valence-corrected chi connectivity index (χ4v) is 4.99. The molecule has 0 spiro atoms. The first-order valence-corrected chi connectivity index (χ1v) is 12.0. The van der Waals surface area contributed by atoms with Gasteiger partial charge in [0.25, 0.3) is 0 Å². The van der Waals surface area contributed by atoms with Gasteiger partial charge >= 0.3 is 0 Å². The van der Waals surface area contributed by atoms with Gasteiger partial charge in [-0.1, -0.05) is 36.4 Å². The number of methoxy groups -OCH3 is 1. The highest BCUT2D eigenvalue weighted by molar-refractivity contribution is 8.00. The summed E-state index contributed by atoms with van der Waals surface area (Å²) in [7, 11) is 1.57. The smallest absolute Gasteiger partial charge is 0.240 e. The van der Waals surface area contributed by atoms with Gasteiger partial charge in [0.1, 0.15) is 16.7 Å². The monoisotopic (exact) mass is 487 g/mol. The molecule has 1 aliphatic rings. The Balaban J connectivity index is 1.63. The number of nitrogens with one attached hydrogen (secondary N) is 2. The fraction of sp³-hybridized carbons (Fsp3) is 0.348. The average molecular weight is 488 g/mol. The zero-order chi connectivity index (χ0) is 23.4. The number of fused-ring (bicyclic) bond motifs is 1. The first-order chi connectivity index (χ1) is 16.0. The van der Waals surface area contributed by atoms with Crippen LogP contribution in [0.25, 0.3) is 0 Å². The minimum absolute atomic E-state index is 0.153. The second-order valence-electron chi connectivity index (χ2n) is 7.47. The molecule has 8 nitrogen and oxygen atoms in total. The number of nitrogens with zero attached hydrogens (tertiary/aromatic N) is 3. The van der Waals surface area contributed by atoms with Crippen LogP contribution in [-0.4, -0.2) is 39.7 Å². The van der Waals surface area contributed by atoms with Crippen molar-refractivity contribution in [3.05, 3.63) is 58.9 Å². The number of benzene rings is 2. The first-order valence-electron chi connectivity index (χ1n) is 10.8. The lowest BCUT2D eigenvalue weighted by molar-refractivity contribution is -0.116. The highest BCUT2D eigenvalue weighted by atomic mass is 35.5. The second kappa shape index (κ2) is 10.4. The van der Waals surface area contributed by atoms with Gasteiger partial charge in [0, 0.05) is 12.1 Å². The van der Waals surface area contributed by atoms with Crippen LogP contribution in [0.3, 0.4) is 0 Å². The van der Waals surface area contributed by atoms with Gasteiger partial charge in [-0.05, 0) is 55.3 Å². The van der Waals surface area contributed by atoms with Crippen LogP contribution in [-0.2, 0) is 11.2 Å². The predicted molar refractivity (Wildman–Crippen MR) is 130 cm³/mol. The molecule has 3 aromatic rings. The van der Waals surface area contributed by atoms with E-state index in [2.05, 4.69) is 27.9 Å². The summed E-state index contributed by atoms with van der Waals surface area (Å²) in [6.07, 6.45) is 1.71. The fourth-order valence-electron chi connectivity index (χ4n) is 3.62. The average Bonchev–Trinajstić information content (AvgIpc) is 3.21. The lowest BCUT2D eigenvalue weighted by Gasteiger charge is -2.33. The molecule has 0 bridgehead atoms. The predicted octanol–water partition coefficient (Wildman–Crippen LogP) is 4.69. The van der Waals surface area contributed by atoms with Crippen LogP contribution < -0.4 is 20.2 Å². The largest absolute Gasteiger partial charge is 0.495 e. The Morgan fingerprint density at radius 1 is 1.21 bits per heavy atom. The van der Waals surface area contributed by atoms with Crippen LogP contribution in [0.2, 0.25) is 5.02 Å². The molecule has 4 rings (SSSR count). The molecule has 2 atom stereocenters. The molecule has 0 radical (unpaired) electrons. The number of hydrogen-bond donors (Lipinski definition) is 2. The number of rotatable bonds is 8. The minimum atomic E-state index is -0.507. The number of aromatic nitrogens is 3. The molecule has 174 valence electrons. The number of ether oxygens (including phenoxy) is 2. The summed E-state index contributed by atoms with van der Waals surface area (Å²) in [5.74, 6) is 2.01. The third-order valence-corrected chi connectivity index (χ3v) is 6.71. The maximum absolute atomic E-state index is 13.4. The number of hydrogen-bond acceptors (Lipinski definition) is 7. The highest BCUT2D eigenvalue weighted by Crippen LogP contribution is 2.39. The Hall–Kier alpha value is -2.91. The van der Waals surface area contributed by atoms with Gasteiger partial charge in [0.15, 0.2) is 5.82 Å². The SMILES string of the molecule is CCCc1nnc2n1N[C@H](c1ccc(OC)c(Cl)c1)[C@H](C(=O)Nc1ccc(OCC)cc1)S2. The summed E-state index contributed by atoms with van der Waals surface area (Å²) in [6.45, 7) is 4.60. The lowest BCUT2D eigenvalue weighted by atomic mass is 10.0. The lowest BCUT2D eigenvalue weighted by Crippen LogP contribution is -2.41. The Labute approximate surface area is 202 Å². The van der Waals surface area contributed by atoms with Gasteiger partial charge in [-0.3, -0.25) is 4.79 Å². The van der Waals surface area contributed by atoms with Gasteiger partial charge in [-0.25, -0.2) is 4.68 Å². The van der Waals surface area contributed by atoms with E-state index in [0.717, 1.165) is 30.0 Å². The Morgan fingerprint density at radius 2 is 2.00 bits per heavy atom. The van der Waals surface area contributed by atoms with Gasteiger partial charge in [0.2, 0.25) is 11.1 Å². The second-order valence-corrected chi connectivity index (χ2v) is 8.99. The first kappa shape index (κ1) is 23.3. The van der Waals surface area contributed by atoms with E-state index >= 15 is 0 Å². The van der Waals surface area contributed by atoms with Crippen LogP contribution in [0.15, 0.2) is 47.6 Å². The number of halogens is 1. The van der Waals surface area contributed by atoms with Gasteiger partial charge < -0.3 is 20.2 Å². The summed E-state index contributed by atoms with van der Waals surface area (Å²) in [6, 6.07) is 12.5. The van der Waals surface area contributed by atoms with Crippen molar-refractivity contribution >= 4 is 35.0 Å². The van der Waals surface area contributed by atoms with E-state index in [-0.39, 0.29) is 11.9 Å². The van der Waals surface area contributed by atoms with E-state index in [1.54, 1.807) is 13.2 Å². The van der Waals surface area contributed by atoms with Crippen LogP contribution in [0, 0.1) is 0 Å². The van der Waals surface area contributed by atoms with Gasteiger partial charge in [-0.2, -0.15) is 0 Å². The number of anilines is 1. The molecule has 2 heterocycles. The molecule has 0 saturated heterocycles. The van der Waals surface area contributed by atoms with Crippen LogP contribution in [0.4, 0.5) is 5.69 Å². The minimum Gasteiger partial charge on any atom is -0.495 e. The van der Waals surface area contributed by atoms with E-state index in [9.17, 15) is 4.79 Å². The number of thioether (sulfide) groups is 1. The summed E-state index contributed by atoms with van der Waals surface area (Å²) in [4.78, 5) is 13.4. The van der Waals surface area contributed by atoms with Crippen molar-refractivity contribution < 1.29 is 14.3 Å². The molecule has 0 fully saturated rings. The molecular formula is C23H26ClN5O3S. The van der Waals surface area contributed by atoms with Crippen molar-refractivity contribution in [2.24, 2.45) is 0 Å². The Kier molecular flexibility index (Phi) is 7.29. The Bertz CT molecular complexity index is 1120. The van der Waals surface area contributed by atoms with Gasteiger partial charge in [-0.15, -0.1) is 10.2 Å². The standard InChI is InChI=1S/C23H26ClN5O3S/c1-4-6-19-26-27-23-29(19)28-20(14-7-12-18(31-3)17(24)13-14)21(33-23)22(30)25-15-8-10-16(11-9-15)32-5-2/h7-13,20-21,28H,4-6H2,1-3H3,(H,25,30)/t20-,21-/m1/s1. The zero-order valence-corrected chi connectivity index (χ0v) is 20.2. The van der Waals surface area contributed by atoms with E-state index < -0.39 is 5.25 Å². The molecule has 0 unspecified atom stereocenters. The molecule has 1 amide bonds. The van der Waals surface area contributed by atoms with E-state index in [1.165, 1.54) is 11.8 Å². The molecule has 1 aliphatic heterocycles. The van der Waals surface area contributed by atoms with Crippen LogP contribution >= 0.6 is 23.4 Å². The molecule has 0 saturated carbocycles. The quantitative estimate of drug-likeness (QED) is 0.476. The molecule has 0 aliphatic carbocycles. The number of amides is 1. The van der Waals surface area contributed by atoms with Gasteiger partial charge in [0.05, 0.1) is 24.8 Å². The van der Waals surface area contributed by atoms with Crippen molar-refractivity contribution in [2.45, 2.75) is 43.1 Å². The maximum atomic E-state index is 13.4.